The number of carbonyl (C=O) groups is 1. The molecule has 5 nitrogen and oxygen atoms in total. The summed E-state index contributed by atoms with van der Waals surface area (Å²) in [6.45, 7) is 3.94. The maximum atomic E-state index is 12.3. The molecule has 0 spiro atoms. The Kier molecular flexibility index (Phi) is 4.26. The highest BCUT2D eigenvalue weighted by molar-refractivity contribution is 7.13. The number of carbonyl (C=O) groups excluding carboxylic acids is 1. The molecule has 3 rings (SSSR count). The van der Waals surface area contributed by atoms with Crippen molar-refractivity contribution in [2.45, 2.75) is 19.4 Å². The summed E-state index contributed by atoms with van der Waals surface area (Å²) >= 11 is 1.55. The largest absolute Gasteiger partial charge is 0.375 e. The van der Waals surface area contributed by atoms with Gasteiger partial charge in [0.2, 0.25) is 5.91 Å². The fourth-order valence-electron chi connectivity index (χ4n) is 2.32. The minimum Gasteiger partial charge on any atom is -0.375 e. The Morgan fingerprint density at radius 3 is 3.24 bits per heavy atom. The first-order valence-electron chi connectivity index (χ1n) is 6.96. The molecule has 0 aliphatic carbocycles. The van der Waals surface area contributed by atoms with E-state index in [0.717, 1.165) is 16.3 Å². The van der Waals surface area contributed by atoms with Crippen LogP contribution in [0.4, 0.5) is 0 Å². The number of hydrogen-bond donors (Lipinski definition) is 0. The first-order valence-corrected chi connectivity index (χ1v) is 7.84. The molecule has 2 aromatic heterocycles. The molecule has 0 saturated carbocycles. The van der Waals surface area contributed by atoms with E-state index >= 15 is 0 Å². The van der Waals surface area contributed by atoms with E-state index in [-0.39, 0.29) is 12.0 Å². The monoisotopic (exact) mass is 303 g/mol. The van der Waals surface area contributed by atoms with Crippen molar-refractivity contribution < 1.29 is 9.53 Å². The molecule has 1 unspecified atom stereocenters. The summed E-state index contributed by atoms with van der Waals surface area (Å²) < 4.78 is 5.46. The molecule has 0 aromatic carbocycles. The van der Waals surface area contributed by atoms with Crippen LogP contribution in [0.25, 0.3) is 10.6 Å². The van der Waals surface area contributed by atoms with Crippen molar-refractivity contribution >= 4 is 17.2 Å². The van der Waals surface area contributed by atoms with Crippen LogP contribution in [-0.4, -0.2) is 46.6 Å². The summed E-state index contributed by atoms with van der Waals surface area (Å²) in [5.74, 6) is 0.119. The Morgan fingerprint density at radius 1 is 1.57 bits per heavy atom. The molecule has 0 N–H and O–H groups in total. The van der Waals surface area contributed by atoms with Crippen LogP contribution in [0.3, 0.4) is 0 Å². The minimum atomic E-state index is 0.115. The van der Waals surface area contributed by atoms with Crippen LogP contribution in [0, 0.1) is 0 Å². The molecule has 1 saturated heterocycles. The lowest BCUT2D eigenvalue weighted by Gasteiger charge is -2.31. The van der Waals surface area contributed by atoms with Crippen molar-refractivity contribution in [1.82, 2.24) is 14.9 Å². The van der Waals surface area contributed by atoms with Crippen molar-refractivity contribution in [1.29, 1.82) is 0 Å². The fourth-order valence-corrected chi connectivity index (χ4v) is 3.13. The first kappa shape index (κ1) is 14.2. The number of rotatable bonds is 3. The summed E-state index contributed by atoms with van der Waals surface area (Å²) in [5, 5.41) is 2.85. The quantitative estimate of drug-likeness (QED) is 0.870. The van der Waals surface area contributed by atoms with Gasteiger partial charge in [0.1, 0.15) is 5.01 Å². The molecular formula is C15H17N3O2S. The van der Waals surface area contributed by atoms with Gasteiger partial charge in [0.05, 0.1) is 24.8 Å². The van der Waals surface area contributed by atoms with Crippen LogP contribution in [0.1, 0.15) is 12.6 Å². The predicted octanol–water partition coefficient (Wildman–Crippen LogP) is 1.99. The minimum absolute atomic E-state index is 0.115. The van der Waals surface area contributed by atoms with E-state index in [1.165, 1.54) is 0 Å². The highest BCUT2D eigenvalue weighted by Crippen LogP contribution is 2.23. The van der Waals surface area contributed by atoms with Gasteiger partial charge in [-0.1, -0.05) is 0 Å². The SMILES string of the molecule is CC1CN(C(=O)Cc2csc(-c3cccnc3)n2)CCO1. The van der Waals surface area contributed by atoms with Crippen molar-refractivity contribution in [3.05, 3.63) is 35.6 Å². The summed E-state index contributed by atoms with van der Waals surface area (Å²) in [4.78, 5) is 22.8. The number of thiazole rings is 1. The number of ether oxygens (including phenoxy) is 1. The average molecular weight is 303 g/mol. The molecule has 2 aromatic rings. The van der Waals surface area contributed by atoms with E-state index in [1.807, 2.05) is 29.3 Å². The maximum absolute atomic E-state index is 12.3. The van der Waals surface area contributed by atoms with E-state index in [1.54, 1.807) is 23.7 Å². The smallest absolute Gasteiger partial charge is 0.228 e. The topological polar surface area (TPSA) is 55.3 Å². The molecule has 1 aliphatic heterocycles. The molecule has 1 aliphatic rings. The fraction of sp³-hybridized carbons (Fsp3) is 0.400. The lowest BCUT2D eigenvalue weighted by Crippen LogP contribution is -2.45. The van der Waals surface area contributed by atoms with E-state index in [9.17, 15) is 4.79 Å². The Balaban J connectivity index is 1.66. The van der Waals surface area contributed by atoms with Crippen LogP contribution < -0.4 is 0 Å². The van der Waals surface area contributed by atoms with E-state index < -0.39 is 0 Å². The van der Waals surface area contributed by atoms with Crippen molar-refractivity contribution in [3.63, 3.8) is 0 Å². The van der Waals surface area contributed by atoms with Crippen LogP contribution in [0.15, 0.2) is 29.9 Å². The van der Waals surface area contributed by atoms with Crippen LogP contribution in [-0.2, 0) is 16.0 Å². The number of pyridine rings is 1. The van der Waals surface area contributed by atoms with Crippen molar-refractivity contribution in [3.8, 4) is 10.6 Å². The molecule has 1 amide bonds. The average Bonchev–Trinajstić information content (AvgIpc) is 2.97. The Bertz CT molecular complexity index is 614. The lowest BCUT2D eigenvalue weighted by molar-refractivity contribution is -0.137. The second kappa shape index (κ2) is 6.32. The van der Waals surface area contributed by atoms with Crippen molar-refractivity contribution in [2.75, 3.05) is 19.7 Å². The van der Waals surface area contributed by atoms with Gasteiger partial charge in [-0.2, -0.15) is 0 Å². The lowest BCUT2D eigenvalue weighted by atomic mass is 10.2. The molecule has 0 bridgehead atoms. The van der Waals surface area contributed by atoms with E-state index in [2.05, 4.69) is 9.97 Å². The zero-order valence-corrected chi connectivity index (χ0v) is 12.7. The number of aromatic nitrogens is 2. The molecule has 110 valence electrons. The highest BCUT2D eigenvalue weighted by atomic mass is 32.1. The van der Waals surface area contributed by atoms with Gasteiger partial charge in [-0.05, 0) is 19.1 Å². The summed E-state index contributed by atoms with van der Waals surface area (Å²) in [5.41, 5.74) is 1.81. The number of nitrogens with zero attached hydrogens (tertiary/aromatic N) is 3. The van der Waals surface area contributed by atoms with Gasteiger partial charge in [-0.15, -0.1) is 11.3 Å². The normalized spacial score (nSPS) is 18.7. The predicted molar refractivity (Wildman–Crippen MR) is 81.0 cm³/mol. The molecule has 3 heterocycles. The zero-order valence-electron chi connectivity index (χ0n) is 11.9. The summed E-state index contributed by atoms with van der Waals surface area (Å²) in [6, 6.07) is 3.86. The van der Waals surface area contributed by atoms with Crippen LogP contribution >= 0.6 is 11.3 Å². The third-order valence-electron chi connectivity index (χ3n) is 3.39. The molecule has 6 heteroatoms. The first-order chi connectivity index (χ1) is 10.2. The molecule has 1 atom stereocenters. The second-order valence-electron chi connectivity index (χ2n) is 5.08. The van der Waals surface area contributed by atoms with Gasteiger partial charge in [-0.25, -0.2) is 4.98 Å². The van der Waals surface area contributed by atoms with Gasteiger partial charge in [0.15, 0.2) is 0 Å². The van der Waals surface area contributed by atoms with E-state index in [0.29, 0.717) is 26.1 Å². The molecular weight excluding hydrogens is 286 g/mol. The van der Waals surface area contributed by atoms with Gasteiger partial charge >= 0.3 is 0 Å². The van der Waals surface area contributed by atoms with Crippen LogP contribution in [0.5, 0.6) is 0 Å². The van der Waals surface area contributed by atoms with Gasteiger partial charge < -0.3 is 9.64 Å². The molecule has 21 heavy (non-hydrogen) atoms. The summed E-state index contributed by atoms with van der Waals surface area (Å²) in [6.07, 6.45) is 3.99. The van der Waals surface area contributed by atoms with Crippen molar-refractivity contribution in [2.24, 2.45) is 0 Å². The summed E-state index contributed by atoms with van der Waals surface area (Å²) in [7, 11) is 0. The highest BCUT2D eigenvalue weighted by Gasteiger charge is 2.22. The second-order valence-corrected chi connectivity index (χ2v) is 5.94. The maximum Gasteiger partial charge on any atom is 0.228 e. The van der Waals surface area contributed by atoms with Crippen LogP contribution in [0.2, 0.25) is 0 Å². The van der Waals surface area contributed by atoms with Gasteiger partial charge in [0.25, 0.3) is 0 Å². The third-order valence-corrected chi connectivity index (χ3v) is 4.33. The Labute approximate surface area is 127 Å². The zero-order chi connectivity index (χ0) is 14.7. The Morgan fingerprint density at radius 2 is 2.48 bits per heavy atom. The number of morpholine rings is 1. The number of hydrogen-bond acceptors (Lipinski definition) is 5. The third kappa shape index (κ3) is 3.46. The molecule has 1 fully saturated rings. The van der Waals surface area contributed by atoms with E-state index in [4.69, 9.17) is 4.74 Å². The standard InChI is InChI=1S/C15H17N3O2S/c1-11-9-18(5-6-20-11)14(19)7-13-10-21-15(17-13)12-3-2-4-16-8-12/h2-4,8,10-11H,5-7,9H2,1H3. The van der Waals surface area contributed by atoms with Gasteiger partial charge in [-0.3, -0.25) is 9.78 Å². The number of amides is 1. The van der Waals surface area contributed by atoms with Gasteiger partial charge in [0, 0.05) is 36.4 Å². The molecule has 0 radical (unpaired) electrons. The Hall–Kier alpha value is -1.79.